The van der Waals surface area contributed by atoms with Gasteiger partial charge in [0.05, 0.1) is 12.9 Å². The predicted octanol–water partition coefficient (Wildman–Crippen LogP) is 0.0542. The average molecular weight is 214 g/mol. The fraction of sp³-hybridized carbons (Fsp3) is 0.286. The van der Waals surface area contributed by atoms with Crippen LogP contribution < -0.4 is 5.73 Å². The number of aliphatic hydroxyl groups is 1. The minimum Gasteiger partial charge on any atom is -0.395 e. The van der Waals surface area contributed by atoms with Crippen LogP contribution in [0.15, 0.2) is 6.33 Å². The summed E-state index contributed by atoms with van der Waals surface area (Å²) in [5.41, 5.74) is 6.47. The number of hydrogen-bond acceptors (Lipinski definition) is 5. The Morgan fingerprint density at radius 3 is 3.00 bits per heavy atom. The van der Waals surface area contributed by atoms with E-state index in [1.165, 1.54) is 0 Å². The van der Waals surface area contributed by atoms with Crippen LogP contribution in [0.4, 0.5) is 5.95 Å². The van der Waals surface area contributed by atoms with Gasteiger partial charge in [-0.3, -0.25) is 0 Å². The van der Waals surface area contributed by atoms with Crippen molar-refractivity contribution in [3.63, 3.8) is 0 Å². The summed E-state index contributed by atoms with van der Waals surface area (Å²) in [5.74, 6) is 0.0992. The lowest BCUT2D eigenvalue weighted by Gasteiger charge is -2.00. The molecule has 0 radical (unpaired) electrons. The van der Waals surface area contributed by atoms with Gasteiger partial charge >= 0.3 is 0 Å². The first-order chi connectivity index (χ1) is 6.72. The number of fused-ring (bicyclic) bond motifs is 1. The molecule has 0 atom stereocenters. The van der Waals surface area contributed by atoms with Gasteiger partial charge in [-0.2, -0.15) is 9.97 Å². The maximum Gasteiger partial charge on any atom is 0.223 e. The van der Waals surface area contributed by atoms with Gasteiger partial charge < -0.3 is 15.4 Å². The zero-order chi connectivity index (χ0) is 10.1. The van der Waals surface area contributed by atoms with Gasteiger partial charge in [0.2, 0.25) is 5.95 Å². The van der Waals surface area contributed by atoms with Gasteiger partial charge in [-0.25, -0.2) is 4.98 Å². The molecule has 7 heteroatoms. The largest absolute Gasteiger partial charge is 0.395 e. The fourth-order valence-electron chi connectivity index (χ4n) is 1.20. The molecule has 0 spiro atoms. The van der Waals surface area contributed by atoms with Gasteiger partial charge in [0.1, 0.15) is 5.52 Å². The molecule has 6 nitrogen and oxygen atoms in total. The quantitative estimate of drug-likeness (QED) is 0.689. The highest BCUT2D eigenvalue weighted by molar-refractivity contribution is 6.33. The first-order valence-electron chi connectivity index (χ1n) is 3.97. The number of rotatable bonds is 2. The van der Waals surface area contributed by atoms with Crippen LogP contribution in [0.2, 0.25) is 5.15 Å². The SMILES string of the molecule is Nc1nc(Cl)c2ncn(CCO)c2n1. The summed E-state index contributed by atoms with van der Waals surface area (Å²) in [6, 6.07) is 0. The summed E-state index contributed by atoms with van der Waals surface area (Å²) in [5, 5.41) is 9.01. The van der Waals surface area contributed by atoms with E-state index < -0.39 is 0 Å². The first kappa shape index (κ1) is 9.17. The normalized spacial score (nSPS) is 11.0. The van der Waals surface area contributed by atoms with Crippen molar-refractivity contribution in [3.8, 4) is 0 Å². The van der Waals surface area contributed by atoms with Gasteiger partial charge in [0.15, 0.2) is 10.8 Å². The predicted molar refractivity (Wildman–Crippen MR) is 51.8 cm³/mol. The molecule has 0 aliphatic carbocycles. The maximum atomic E-state index is 8.78. The molecule has 0 saturated heterocycles. The number of aromatic nitrogens is 4. The third-order valence-electron chi connectivity index (χ3n) is 1.78. The van der Waals surface area contributed by atoms with Crippen LogP contribution in [-0.2, 0) is 6.54 Å². The summed E-state index contributed by atoms with van der Waals surface area (Å²) < 4.78 is 1.67. The Kier molecular flexibility index (Phi) is 2.22. The number of nitrogens with two attached hydrogens (primary N) is 1. The number of imidazole rings is 1. The Morgan fingerprint density at radius 1 is 1.50 bits per heavy atom. The smallest absolute Gasteiger partial charge is 0.223 e. The number of halogens is 1. The molecular weight excluding hydrogens is 206 g/mol. The highest BCUT2D eigenvalue weighted by Crippen LogP contribution is 2.18. The Morgan fingerprint density at radius 2 is 2.29 bits per heavy atom. The molecule has 2 heterocycles. The second-order valence-electron chi connectivity index (χ2n) is 2.71. The van der Waals surface area contributed by atoms with E-state index in [1.807, 2.05) is 0 Å². The molecule has 0 fully saturated rings. The van der Waals surface area contributed by atoms with Crippen molar-refractivity contribution in [1.82, 2.24) is 19.5 Å². The van der Waals surface area contributed by atoms with Crippen LogP contribution in [0.25, 0.3) is 11.2 Å². The molecule has 0 saturated carbocycles. The Hall–Kier alpha value is -1.40. The Labute approximate surface area is 84.4 Å². The van der Waals surface area contributed by atoms with E-state index >= 15 is 0 Å². The third-order valence-corrected chi connectivity index (χ3v) is 2.04. The summed E-state index contributed by atoms with van der Waals surface area (Å²) in [7, 11) is 0. The van der Waals surface area contributed by atoms with Crippen LogP contribution in [-0.4, -0.2) is 31.2 Å². The van der Waals surface area contributed by atoms with Crippen molar-refractivity contribution < 1.29 is 5.11 Å². The minimum atomic E-state index is 0.00693. The van der Waals surface area contributed by atoms with Gasteiger partial charge in [0.25, 0.3) is 0 Å². The number of nitrogen functional groups attached to an aromatic ring is 1. The molecule has 74 valence electrons. The molecular formula is C7H8ClN5O. The van der Waals surface area contributed by atoms with Gasteiger partial charge in [-0.1, -0.05) is 11.6 Å². The van der Waals surface area contributed by atoms with E-state index in [1.54, 1.807) is 10.9 Å². The van der Waals surface area contributed by atoms with Crippen LogP contribution >= 0.6 is 11.6 Å². The van der Waals surface area contributed by atoms with E-state index in [2.05, 4.69) is 15.0 Å². The van der Waals surface area contributed by atoms with Crippen LogP contribution in [0, 0.1) is 0 Å². The summed E-state index contributed by atoms with van der Waals surface area (Å²) in [4.78, 5) is 11.8. The Balaban J connectivity index is 2.66. The molecule has 3 N–H and O–H groups in total. The third kappa shape index (κ3) is 1.38. The van der Waals surface area contributed by atoms with Crippen LogP contribution in [0.1, 0.15) is 0 Å². The average Bonchev–Trinajstić information content (AvgIpc) is 2.49. The molecule has 0 aromatic carbocycles. The van der Waals surface area contributed by atoms with Crippen molar-refractivity contribution in [3.05, 3.63) is 11.5 Å². The summed E-state index contributed by atoms with van der Waals surface area (Å²) >= 11 is 5.81. The standard InChI is InChI=1S/C7H8ClN5O/c8-5-4-6(12-7(9)11-5)13(1-2-14)3-10-4/h3,14H,1-2H2,(H2,9,11,12). The lowest BCUT2D eigenvalue weighted by molar-refractivity contribution is 0.277. The lowest BCUT2D eigenvalue weighted by Crippen LogP contribution is -2.03. The van der Waals surface area contributed by atoms with Crippen LogP contribution in [0.3, 0.4) is 0 Å². The molecule has 0 bridgehead atoms. The number of hydrogen-bond donors (Lipinski definition) is 2. The molecule has 2 aromatic rings. The lowest BCUT2D eigenvalue weighted by atomic mass is 10.5. The highest BCUT2D eigenvalue weighted by Gasteiger charge is 2.09. The second-order valence-corrected chi connectivity index (χ2v) is 3.06. The van der Waals surface area contributed by atoms with E-state index in [0.29, 0.717) is 17.7 Å². The van der Waals surface area contributed by atoms with E-state index in [0.717, 1.165) is 0 Å². The maximum absolute atomic E-state index is 8.78. The monoisotopic (exact) mass is 213 g/mol. The van der Waals surface area contributed by atoms with E-state index in [9.17, 15) is 0 Å². The molecule has 0 unspecified atom stereocenters. The molecule has 2 rings (SSSR count). The van der Waals surface area contributed by atoms with Gasteiger partial charge in [-0.05, 0) is 0 Å². The van der Waals surface area contributed by atoms with E-state index in [-0.39, 0.29) is 17.7 Å². The van der Waals surface area contributed by atoms with Crippen LogP contribution in [0.5, 0.6) is 0 Å². The van der Waals surface area contributed by atoms with Crippen molar-refractivity contribution >= 4 is 28.7 Å². The second kappa shape index (κ2) is 3.39. The van der Waals surface area contributed by atoms with Gasteiger partial charge in [0, 0.05) is 6.54 Å². The van der Waals surface area contributed by atoms with E-state index in [4.69, 9.17) is 22.4 Å². The zero-order valence-corrected chi connectivity index (χ0v) is 7.94. The van der Waals surface area contributed by atoms with Crippen molar-refractivity contribution in [2.24, 2.45) is 0 Å². The van der Waals surface area contributed by atoms with Crippen molar-refractivity contribution in [2.75, 3.05) is 12.3 Å². The van der Waals surface area contributed by atoms with Crippen molar-refractivity contribution in [1.29, 1.82) is 0 Å². The van der Waals surface area contributed by atoms with Crippen molar-refractivity contribution in [2.45, 2.75) is 6.54 Å². The number of nitrogens with zero attached hydrogens (tertiary/aromatic N) is 4. The zero-order valence-electron chi connectivity index (χ0n) is 7.18. The molecule has 0 amide bonds. The number of anilines is 1. The summed E-state index contributed by atoms with van der Waals surface area (Å²) in [6.07, 6.45) is 1.54. The minimum absolute atomic E-state index is 0.00693. The molecule has 14 heavy (non-hydrogen) atoms. The topological polar surface area (TPSA) is 89.8 Å². The number of aliphatic hydroxyl groups excluding tert-OH is 1. The Bertz CT molecular complexity index is 468. The molecule has 2 aromatic heterocycles. The molecule has 0 aliphatic rings. The fourth-order valence-corrected chi connectivity index (χ4v) is 1.42. The first-order valence-corrected chi connectivity index (χ1v) is 4.35. The molecule has 0 aliphatic heterocycles. The van der Waals surface area contributed by atoms with Gasteiger partial charge in [-0.15, -0.1) is 0 Å². The highest BCUT2D eigenvalue weighted by atomic mass is 35.5. The summed E-state index contributed by atoms with van der Waals surface area (Å²) in [6.45, 7) is 0.413.